The van der Waals surface area contributed by atoms with E-state index in [2.05, 4.69) is 0 Å². The summed E-state index contributed by atoms with van der Waals surface area (Å²) in [6.07, 6.45) is -2.33. The quantitative estimate of drug-likeness (QED) is 0.246. The Kier molecular flexibility index (Phi) is 23.6. The molecule has 0 saturated carbocycles. The SMILES string of the molecule is O=C([O-])[O-].O=[As]([O-])([O-])[O-].[H+].[Pb].[Pb]. The van der Waals surface area contributed by atoms with E-state index in [4.69, 9.17) is 31.0 Å². The molecule has 0 aromatic rings. The monoisotopic (exact) mass is 616 g/mol. The summed E-state index contributed by atoms with van der Waals surface area (Å²) >= 11 is -5.88. The summed E-state index contributed by atoms with van der Waals surface area (Å²) in [5, 5.41) is 16.7. The van der Waals surface area contributed by atoms with Crippen LogP contribution < -0.4 is 22.5 Å². The van der Waals surface area contributed by atoms with Gasteiger partial charge in [0, 0.05) is 54.6 Å². The van der Waals surface area contributed by atoms with E-state index < -0.39 is 20.7 Å². The van der Waals surface area contributed by atoms with E-state index in [-0.39, 0.29) is 56.0 Å². The van der Waals surface area contributed by atoms with Crippen LogP contribution in [0.4, 0.5) is 4.79 Å². The van der Waals surface area contributed by atoms with Crippen LogP contribution in [0.3, 0.4) is 0 Å². The number of carbonyl (C=O) groups excluding carboxylic acids is 1. The Bertz CT molecular complexity index is 121. The van der Waals surface area contributed by atoms with Crippen LogP contribution in [0, 0.1) is 0 Å². The topological polar surface area (TPSA) is 149 Å². The molecule has 0 aliphatic heterocycles. The van der Waals surface area contributed by atoms with Gasteiger partial charge in [-0.05, 0) is 6.16 Å². The molecule has 0 atom stereocenters. The molecule has 64 valence electrons. The number of carbonyl (C=O) groups is 1. The van der Waals surface area contributed by atoms with Crippen molar-refractivity contribution in [1.29, 1.82) is 0 Å². The van der Waals surface area contributed by atoms with Crippen LogP contribution in [0.2, 0.25) is 0 Å². The van der Waals surface area contributed by atoms with Crippen molar-refractivity contribution in [3.63, 3.8) is 0 Å². The molecule has 0 N–H and O–H groups in total. The molecule has 0 saturated heterocycles. The molecule has 0 unspecified atom stereocenters. The molecule has 0 bridgehead atoms. The molecule has 10 heteroatoms. The zero-order valence-electron chi connectivity index (χ0n) is 5.80. The Morgan fingerprint density at radius 1 is 1.09 bits per heavy atom. The second-order valence-electron chi connectivity index (χ2n) is 0.697. The van der Waals surface area contributed by atoms with Gasteiger partial charge in [-0.15, -0.1) is 0 Å². The maximum Gasteiger partial charge on any atom is 1.00 e. The summed E-state index contributed by atoms with van der Waals surface area (Å²) < 4.78 is 34.4. The van der Waals surface area contributed by atoms with Gasteiger partial charge in [-0.25, -0.2) is 0 Å². The zero-order valence-corrected chi connectivity index (χ0v) is 14.5. The Morgan fingerprint density at radius 3 is 1.09 bits per heavy atom. The van der Waals surface area contributed by atoms with Crippen molar-refractivity contribution >= 4 is 75.3 Å². The molecule has 0 aliphatic rings. The minimum absolute atomic E-state index is 0. The van der Waals surface area contributed by atoms with Crippen molar-refractivity contribution in [2.75, 3.05) is 0 Å². The molecule has 0 amide bonds. The van der Waals surface area contributed by atoms with Crippen molar-refractivity contribution < 1.29 is 32.5 Å². The summed E-state index contributed by atoms with van der Waals surface area (Å²) in [5.74, 6) is 0. The van der Waals surface area contributed by atoms with Gasteiger partial charge in [0.05, 0.1) is 0 Å². The first-order valence-corrected chi connectivity index (χ1v) is 4.41. The van der Waals surface area contributed by atoms with E-state index in [1.165, 1.54) is 0 Å². The first kappa shape index (κ1) is 22.8. The number of rotatable bonds is 0. The summed E-state index contributed by atoms with van der Waals surface area (Å²) in [7, 11) is 0. The van der Waals surface area contributed by atoms with Crippen molar-refractivity contribution in [2.24, 2.45) is 0 Å². The number of hydrogen-bond donors (Lipinski definition) is 0. The van der Waals surface area contributed by atoms with Gasteiger partial charge >= 0.3 is 32.0 Å². The summed E-state index contributed by atoms with van der Waals surface area (Å²) in [6, 6.07) is 0. The maximum atomic E-state index is 8.61. The Balaban J connectivity index is -0.0000000221. The van der Waals surface area contributed by atoms with Gasteiger partial charge in [-0.2, -0.15) is 0 Å². The van der Waals surface area contributed by atoms with Crippen LogP contribution >= 0.6 is 0 Å². The van der Waals surface area contributed by atoms with Crippen LogP contribution in [-0.2, 0) is 3.74 Å². The van der Waals surface area contributed by atoms with Crippen molar-refractivity contribution in [3.8, 4) is 0 Å². The number of hydrogen-bond acceptors (Lipinski definition) is 7. The molecule has 8 radical (unpaired) electrons. The predicted molar refractivity (Wildman–Crippen MR) is 24.5 cm³/mol. The molecule has 0 aliphatic carbocycles. The number of carboxylic acid groups (broad SMARTS) is 2. The van der Waals surface area contributed by atoms with Gasteiger partial charge in [-0.1, -0.05) is 0 Å². The molecular formula is CHAsO7Pb2-4. The maximum absolute atomic E-state index is 8.61. The minimum Gasteiger partial charge on any atom is 0 e. The third-order valence-electron chi connectivity index (χ3n) is 0. The van der Waals surface area contributed by atoms with Crippen LogP contribution in [0.1, 0.15) is 1.43 Å². The van der Waals surface area contributed by atoms with Crippen molar-refractivity contribution in [3.05, 3.63) is 0 Å². The predicted octanol–water partition coefficient (Wildman–Crippen LogP) is -7.16. The van der Waals surface area contributed by atoms with E-state index in [0.717, 1.165) is 0 Å². The van der Waals surface area contributed by atoms with E-state index in [1.54, 1.807) is 0 Å². The van der Waals surface area contributed by atoms with E-state index in [0.29, 0.717) is 0 Å². The molecular weight excluding hydrogens is 613 g/mol. The van der Waals surface area contributed by atoms with Crippen molar-refractivity contribution in [2.45, 2.75) is 0 Å². The summed E-state index contributed by atoms with van der Waals surface area (Å²) in [6.45, 7) is 0. The van der Waals surface area contributed by atoms with Crippen LogP contribution in [-0.4, -0.2) is 75.3 Å². The second-order valence-corrected chi connectivity index (χ2v) is 2.57. The second kappa shape index (κ2) is 11.4. The molecule has 7 nitrogen and oxygen atoms in total. The molecule has 0 spiro atoms. The molecule has 0 heterocycles. The van der Waals surface area contributed by atoms with Gasteiger partial charge in [0.25, 0.3) is 0 Å². The van der Waals surface area contributed by atoms with Gasteiger partial charge < -0.3 is 15.0 Å². The van der Waals surface area contributed by atoms with Crippen LogP contribution in [0.25, 0.3) is 0 Å². The fourth-order valence-corrected chi connectivity index (χ4v) is 0. The fourth-order valence-electron chi connectivity index (χ4n) is 0. The fraction of sp³-hybridized carbons (Fsp3) is 0. The molecule has 0 aromatic carbocycles. The normalized spacial score (nSPS) is 7.55. The molecule has 0 fully saturated rings. The first-order valence-electron chi connectivity index (χ1n) is 1.34. The van der Waals surface area contributed by atoms with E-state index in [9.17, 15) is 0 Å². The Labute approximate surface area is 107 Å². The van der Waals surface area contributed by atoms with Crippen LogP contribution in [0.15, 0.2) is 0 Å². The molecule has 0 aromatic heterocycles. The standard InChI is InChI=1S/CH2O3.AsH3O4.2Pb/c2-1(3)4;2-1(3,4)5;;/h(H2,2,3,4);(H3,2,3,4,5);;/p-4. The van der Waals surface area contributed by atoms with E-state index in [1.807, 2.05) is 0 Å². The smallest absolute Gasteiger partial charge is 0 e. The Morgan fingerprint density at radius 2 is 1.09 bits per heavy atom. The molecule has 0 rings (SSSR count). The van der Waals surface area contributed by atoms with Gasteiger partial charge in [0.15, 0.2) is 0 Å². The van der Waals surface area contributed by atoms with Gasteiger partial charge in [0.2, 0.25) is 0 Å². The molecule has 11 heavy (non-hydrogen) atoms. The van der Waals surface area contributed by atoms with Crippen molar-refractivity contribution in [1.82, 2.24) is 0 Å². The average Bonchev–Trinajstić information content (AvgIpc) is 1.19. The minimum atomic E-state index is -5.88. The van der Waals surface area contributed by atoms with E-state index >= 15 is 0 Å². The largest absolute Gasteiger partial charge is 1.00 e. The average molecular weight is 614 g/mol. The summed E-state index contributed by atoms with van der Waals surface area (Å²) in [5.41, 5.74) is 0. The van der Waals surface area contributed by atoms with Gasteiger partial charge in [0.1, 0.15) is 0 Å². The van der Waals surface area contributed by atoms with Crippen LogP contribution in [0.5, 0.6) is 0 Å². The Hall–Kier alpha value is 1.35. The third kappa shape index (κ3) is 543. The third-order valence-corrected chi connectivity index (χ3v) is 0. The summed E-state index contributed by atoms with van der Waals surface area (Å²) in [4.78, 5) is 8.33. The van der Waals surface area contributed by atoms with Gasteiger partial charge in [-0.3, -0.25) is 0 Å². The first-order chi connectivity index (χ1) is 3.73. The zero-order chi connectivity index (χ0) is 8.08.